The van der Waals surface area contributed by atoms with Gasteiger partial charge in [0.1, 0.15) is 0 Å². The number of furan rings is 1. The van der Waals surface area contributed by atoms with Gasteiger partial charge in [0.2, 0.25) is 5.82 Å². The first-order valence-electron chi connectivity index (χ1n) is 5.29. The Balaban J connectivity index is 2.11. The molecule has 0 amide bonds. The van der Waals surface area contributed by atoms with E-state index in [1.54, 1.807) is 6.26 Å². The van der Waals surface area contributed by atoms with E-state index < -0.39 is 0 Å². The van der Waals surface area contributed by atoms with Crippen molar-refractivity contribution in [1.82, 2.24) is 10.1 Å². The molecular formula is C11H15N3O2. The Kier molecular flexibility index (Phi) is 2.94. The average molecular weight is 221 g/mol. The number of nitrogens with zero attached hydrogens (tertiary/aromatic N) is 2. The summed E-state index contributed by atoms with van der Waals surface area (Å²) in [6.45, 7) is 6.97. The third kappa shape index (κ3) is 2.24. The normalized spacial score (nSPS) is 11.0. The van der Waals surface area contributed by atoms with Gasteiger partial charge in [0.05, 0.1) is 6.26 Å². The Morgan fingerprint density at radius 1 is 1.44 bits per heavy atom. The topological polar surface area (TPSA) is 64.1 Å². The summed E-state index contributed by atoms with van der Waals surface area (Å²) < 4.78 is 10.3. The molecule has 5 nitrogen and oxygen atoms in total. The minimum Gasteiger partial charge on any atom is -0.461 e. The Morgan fingerprint density at radius 3 is 2.88 bits per heavy atom. The summed E-state index contributed by atoms with van der Waals surface area (Å²) in [5, 5.41) is 6.92. The third-order valence-electron chi connectivity index (χ3n) is 2.15. The zero-order chi connectivity index (χ0) is 11.5. The number of hydrogen-bond donors (Lipinski definition) is 1. The lowest BCUT2D eigenvalue weighted by molar-refractivity contribution is 0.427. The van der Waals surface area contributed by atoms with Gasteiger partial charge in [-0.05, 0) is 24.5 Å². The van der Waals surface area contributed by atoms with Gasteiger partial charge in [-0.25, -0.2) is 0 Å². The van der Waals surface area contributed by atoms with Gasteiger partial charge in [-0.1, -0.05) is 19.0 Å². The molecule has 0 saturated heterocycles. The van der Waals surface area contributed by atoms with Crippen LogP contribution in [-0.2, 0) is 0 Å². The molecule has 2 rings (SSSR count). The minimum atomic E-state index is 0.430. The van der Waals surface area contributed by atoms with Crippen LogP contribution in [0.5, 0.6) is 0 Å². The molecule has 0 spiro atoms. The van der Waals surface area contributed by atoms with Gasteiger partial charge in [0.25, 0.3) is 0 Å². The molecule has 0 unspecified atom stereocenters. The van der Waals surface area contributed by atoms with Gasteiger partial charge in [-0.2, -0.15) is 4.98 Å². The first kappa shape index (κ1) is 10.7. The summed E-state index contributed by atoms with van der Waals surface area (Å²) in [6.07, 6.45) is 1.61. The molecule has 0 aromatic carbocycles. The highest BCUT2D eigenvalue weighted by molar-refractivity contribution is 5.52. The molecule has 1 N–H and O–H groups in total. The maximum atomic E-state index is 5.28. The smallest absolute Gasteiger partial charge is 0.321 e. The summed E-state index contributed by atoms with van der Waals surface area (Å²) in [5.74, 6) is 1.66. The average Bonchev–Trinajstić information content (AvgIpc) is 2.83. The van der Waals surface area contributed by atoms with Gasteiger partial charge in [-0.15, -0.1) is 0 Å². The maximum absolute atomic E-state index is 5.28. The summed E-state index contributed by atoms with van der Waals surface area (Å²) in [6, 6.07) is 2.30. The van der Waals surface area contributed by atoms with Gasteiger partial charge in [-0.3, -0.25) is 0 Å². The SMILES string of the molecule is Cc1ccoc1-c1noc(NCC(C)C)n1. The number of aromatic nitrogens is 2. The van der Waals surface area contributed by atoms with Crippen molar-refractivity contribution in [2.45, 2.75) is 20.8 Å². The molecule has 2 heterocycles. The lowest BCUT2D eigenvalue weighted by atomic mass is 10.2. The van der Waals surface area contributed by atoms with E-state index in [9.17, 15) is 0 Å². The van der Waals surface area contributed by atoms with Crippen LogP contribution in [0, 0.1) is 12.8 Å². The summed E-state index contributed by atoms with van der Waals surface area (Å²) >= 11 is 0. The molecule has 0 aliphatic rings. The highest BCUT2D eigenvalue weighted by Gasteiger charge is 2.13. The Bertz CT molecular complexity index is 459. The van der Waals surface area contributed by atoms with Crippen LogP contribution < -0.4 is 5.32 Å². The van der Waals surface area contributed by atoms with Crippen molar-refractivity contribution in [2.24, 2.45) is 5.92 Å². The van der Waals surface area contributed by atoms with E-state index in [4.69, 9.17) is 8.94 Å². The van der Waals surface area contributed by atoms with Crippen LogP contribution in [-0.4, -0.2) is 16.7 Å². The van der Waals surface area contributed by atoms with Crippen LogP contribution >= 0.6 is 0 Å². The van der Waals surface area contributed by atoms with E-state index in [1.165, 1.54) is 0 Å². The molecule has 5 heteroatoms. The molecule has 0 radical (unpaired) electrons. The van der Waals surface area contributed by atoms with Crippen LogP contribution in [0.1, 0.15) is 19.4 Å². The zero-order valence-corrected chi connectivity index (χ0v) is 9.65. The molecule has 0 bridgehead atoms. The standard InChI is InChI=1S/C11H15N3O2/c1-7(2)6-12-11-13-10(14-16-11)9-8(3)4-5-15-9/h4-5,7H,6H2,1-3H3,(H,12,13,14). The molecule has 2 aromatic heterocycles. The summed E-state index contributed by atoms with van der Waals surface area (Å²) in [7, 11) is 0. The van der Waals surface area contributed by atoms with E-state index in [1.807, 2.05) is 13.0 Å². The molecule has 0 atom stereocenters. The number of anilines is 1. The van der Waals surface area contributed by atoms with Crippen LogP contribution in [0.25, 0.3) is 11.6 Å². The molecule has 0 saturated carbocycles. The predicted octanol–water partition coefficient (Wildman–Crippen LogP) is 2.71. The lowest BCUT2D eigenvalue weighted by Gasteiger charge is -2.02. The van der Waals surface area contributed by atoms with Gasteiger partial charge >= 0.3 is 6.01 Å². The largest absolute Gasteiger partial charge is 0.461 e. The first-order chi connectivity index (χ1) is 7.66. The molecule has 0 fully saturated rings. The molecule has 86 valence electrons. The van der Waals surface area contributed by atoms with Crippen molar-refractivity contribution >= 4 is 6.01 Å². The zero-order valence-electron chi connectivity index (χ0n) is 9.65. The van der Waals surface area contributed by atoms with Crippen LogP contribution in [0.15, 0.2) is 21.3 Å². The Labute approximate surface area is 93.8 Å². The fourth-order valence-electron chi connectivity index (χ4n) is 1.28. The Morgan fingerprint density at radius 2 is 2.25 bits per heavy atom. The van der Waals surface area contributed by atoms with E-state index in [0.29, 0.717) is 23.5 Å². The van der Waals surface area contributed by atoms with E-state index in [0.717, 1.165) is 12.1 Å². The second kappa shape index (κ2) is 4.38. The highest BCUT2D eigenvalue weighted by Crippen LogP contribution is 2.22. The summed E-state index contributed by atoms with van der Waals surface area (Å²) in [5.41, 5.74) is 0.996. The number of hydrogen-bond acceptors (Lipinski definition) is 5. The van der Waals surface area contributed by atoms with Crippen LogP contribution in [0.3, 0.4) is 0 Å². The predicted molar refractivity (Wildman–Crippen MR) is 60.1 cm³/mol. The Hall–Kier alpha value is -1.78. The van der Waals surface area contributed by atoms with Crippen LogP contribution in [0.4, 0.5) is 6.01 Å². The van der Waals surface area contributed by atoms with Crippen molar-refractivity contribution in [1.29, 1.82) is 0 Å². The molecule has 0 aliphatic heterocycles. The second-order valence-electron chi connectivity index (χ2n) is 4.13. The first-order valence-corrected chi connectivity index (χ1v) is 5.29. The van der Waals surface area contributed by atoms with Crippen molar-refractivity contribution in [3.05, 3.63) is 17.9 Å². The monoisotopic (exact) mass is 221 g/mol. The quantitative estimate of drug-likeness (QED) is 0.859. The molecule has 0 aliphatic carbocycles. The molecular weight excluding hydrogens is 206 g/mol. The fourth-order valence-corrected chi connectivity index (χ4v) is 1.28. The lowest BCUT2D eigenvalue weighted by Crippen LogP contribution is -2.07. The third-order valence-corrected chi connectivity index (χ3v) is 2.15. The van der Waals surface area contributed by atoms with E-state index in [-0.39, 0.29) is 0 Å². The molecule has 16 heavy (non-hydrogen) atoms. The highest BCUT2D eigenvalue weighted by atomic mass is 16.5. The van der Waals surface area contributed by atoms with Crippen molar-refractivity contribution in [2.75, 3.05) is 11.9 Å². The maximum Gasteiger partial charge on any atom is 0.321 e. The summed E-state index contributed by atoms with van der Waals surface area (Å²) in [4.78, 5) is 4.20. The van der Waals surface area contributed by atoms with Gasteiger partial charge in [0.15, 0.2) is 5.76 Å². The van der Waals surface area contributed by atoms with E-state index >= 15 is 0 Å². The number of aryl methyl sites for hydroxylation is 1. The van der Waals surface area contributed by atoms with E-state index in [2.05, 4.69) is 29.3 Å². The number of rotatable bonds is 4. The van der Waals surface area contributed by atoms with Crippen molar-refractivity contribution < 1.29 is 8.94 Å². The van der Waals surface area contributed by atoms with Gasteiger partial charge in [0, 0.05) is 6.54 Å². The van der Waals surface area contributed by atoms with Crippen molar-refractivity contribution in [3.63, 3.8) is 0 Å². The second-order valence-corrected chi connectivity index (χ2v) is 4.13. The number of nitrogens with one attached hydrogen (secondary N) is 1. The fraction of sp³-hybridized carbons (Fsp3) is 0.455. The van der Waals surface area contributed by atoms with Crippen LogP contribution in [0.2, 0.25) is 0 Å². The minimum absolute atomic E-state index is 0.430. The van der Waals surface area contributed by atoms with Crippen molar-refractivity contribution in [3.8, 4) is 11.6 Å². The molecule has 2 aromatic rings. The van der Waals surface area contributed by atoms with Gasteiger partial charge < -0.3 is 14.3 Å².